The van der Waals surface area contributed by atoms with Crippen LogP contribution in [0.1, 0.15) is 31.1 Å². The van der Waals surface area contributed by atoms with Crippen LogP contribution in [0.15, 0.2) is 24.3 Å². The Morgan fingerprint density at radius 2 is 1.73 bits per heavy atom. The molecule has 0 aromatic heterocycles. The lowest BCUT2D eigenvalue weighted by Crippen LogP contribution is -2.05. The number of hydrogen-bond acceptors (Lipinski definition) is 1. The number of hydrogen-bond donors (Lipinski definition) is 0. The summed E-state index contributed by atoms with van der Waals surface area (Å²) < 4.78 is 42.0. The van der Waals surface area contributed by atoms with E-state index in [9.17, 15) is 13.2 Å². The molecule has 0 heterocycles. The van der Waals surface area contributed by atoms with Gasteiger partial charge in [0.1, 0.15) is 0 Å². The van der Waals surface area contributed by atoms with Gasteiger partial charge in [-0.1, -0.05) is 12.1 Å². The zero-order valence-corrected chi connectivity index (χ0v) is 8.64. The molecule has 1 rings (SSSR count). The molecular formula is C11H13F3O. The van der Waals surface area contributed by atoms with Gasteiger partial charge in [0.25, 0.3) is 0 Å². The fraction of sp³-hybridized carbons (Fsp3) is 0.455. The van der Waals surface area contributed by atoms with Crippen LogP contribution >= 0.6 is 0 Å². The van der Waals surface area contributed by atoms with Gasteiger partial charge >= 0.3 is 6.18 Å². The standard InChI is InChI=1S/C11H13F3O/c1-3-15-8(2)9-4-6-10(7-5-9)11(12,13)14/h4-8H,3H2,1-2H3. The molecule has 1 aromatic rings. The van der Waals surface area contributed by atoms with E-state index in [0.29, 0.717) is 6.61 Å². The molecular weight excluding hydrogens is 205 g/mol. The van der Waals surface area contributed by atoms with Crippen molar-refractivity contribution in [2.75, 3.05) is 6.61 Å². The monoisotopic (exact) mass is 218 g/mol. The Morgan fingerprint density at radius 3 is 2.13 bits per heavy atom. The minimum atomic E-state index is -4.27. The summed E-state index contributed by atoms with van der Waals surface area (Å²) in [6.07, 6.45) is -4.44. The highest BCUT2D eigenvalue weighted by Gasteiger charge is 2.30. The molecule has 1 nitrogen and oxygen atoms in total. The molecule has 0 aliphatic carbocycles. The number of alkyl halides is 3. The minimum absolute atomic E-state index is 0.169. The first-order valence-corrected chi connectivity index (χ1v) is 4.74. The van der Waals surface area contributed by atoms with Crippen molar-refractivity contribution >= 4 is 0 Å². The van der Waals surface area contributed by atoms with Crippen molar-refractivity contribution in [3.63, 3.8) is 0 Å². The Kier molecular flexibility index (Phi) is 3.74. The predicted octanol–water partition coefficient (Wildman–Crippen LogP) is 3.80. The maximum Gasteiger partial charge on any atom is 0.416 e. The number of rotatable bonds is 3. The van der Waals surface area contributed by atoms with Crippen LogP contribution in [0.4, 0.5) is 13.2 Å². The molecule has 1 atom stereocenters. The zero-order chi connectivity index (χ0) is 11.5. The molecule has 0 spiro atoms. The summed E-state index contributed by atoms with van der Waals surface area (Å²) in [5.41, 5.74) is 0.125. The van der Waals surface area contributed by atoms with E-state index < -0.39 is 11.7 Å². The second-order valence-electron chi connectivity index (χ2n) is 3.22. The second-order valence-corrected chi connectivity index (χ2v) is 3.22. The first kappa shape index (κ1) is 12.0. The Balaban J connectivity index is 2.81. The van der Waals surface area contributed by atoms with Gasteiger partial charge in [0.05, 0.1) is 11.7 Å². The number of benzene rings is 1. The Labute approximate surface area is 86.9 Å². The fourth-order valence-electron chi connectivity index (χ4n) is 1.29. The van der Waals surface area contributed by atoms with Crippen LogP contribution in [0, 0.1) is 0 Å². The minimum Gasteiger partial charge on any atom is -0.374 e. The third-order valence-corrected chi connectivity index (χ3v) is 2.12. The molecule has 0 saturated heterocycles. The van der Waals surface area contributed by atoms with Gasteiger partial charge in [-0.2, -0.15) is 13.2 Å². The van der Waals surface area contributed by atoms with Gasteiger partial charge in [-0.05, 0) is 31.5 Å². The summed E-state index contributed by atoms with van der Waals surface area (Å²) in [6, 6.07) is 5.04. The van der Waals surface area contributed by atoms with Gasteiger partial charge in [-0.3, -0.25) is 0 Å². The van der Waals surface area contributed by atoms with Crippen LogP contribution in [0.3, 0.4) is 0 Å². The zero-order valence-electron chi connectivity index (χ0n) is 8.64. The second kappa shape index (κ2) is 4.66. The van der Waals surface area contributed by atoms with Crippen molar-refractivity contribution in [1.82, 2.24) is 0 Å². The highest BCUT2D eigenvalue weighted by atomic mass is 19.4. The van der Waals surface area contributed by atoms with E-state index in [1.807, 2.05) is 13.8 Å². The molecule has 0 N–H and O–H groups in total. The Morgan fingerprint density at radius 1 is 1.20 bits per heavy atom. The number of halogens is 3. The Hall–Kier alpha value is -1.03. The van der Waals surface area contributed by atoms with E-state index in [1.54, 1.807) is 0 Å². The van der Waals surface area contributed by atoms with E-state index in [0.717, 1.165) is 17.7 Å². The SMILES string of the molecule is CCOC(C)c1ccc(C(F)(F)F)cc1. The topological polar surface area (TPSA) is 9.23 Å². The van der Waals surface area contributed by atoms with Crippen LogP contribution in [-0.4, -0.2) is 6.61 Å². The molecule has 0 bridgehead atoms. The lowest BCUT2D eigenvalue weighted by atomic mass is 10.1. The van der Waals surface area contributed by atoms with E-state index in [1.165, 1.54) is 12.1 Å². The van der Waals surface area contributed by atoms with Gasteiger partial charge in [-0.15, -0.1) is 0 Å². The molecule has 84 valence electrons. The lowest BCUT2D eigenvalue weighted by molar-refractivity contribution is -0.137. The van der Waals surface area contributed by atoms with Crippen molar-refractivity contribution in [3.05, 3.63) is 35.4 Å². The maximum absolute atomic E-state index is 12.2. The van der Waals surface area contributed by atoms with Crippen molar-refractivity contribution in [1.29, 1.82) is 0 Å². The predicted molar refractivity (Wildman–Crippen MR) is 51.5 cm³/mol. The third-order valence-electron chi connectivity index (χ3n) is 2.12. The summed E-state index contributed by atoms with van der Waals surface area (Å²) in [4.78, 5) is 0. The average molecular weight is 218 g/mol. The quantitative estimate of drug-likeness (QED) is 0.749. The third kappa shape index (κ3) is 3.23. The Bertz CT molecular complexity index is 303. The number of ether oxygens (including phenoxy) is 1. The summed E-state index contributed by atoms with van der Waals surface area (Å²) in [5.74, 6) is 0. The molecule has 0 radical (unpaired) electrons. The average Bonchev–Trinajstić information content (AvgIpc) is 2.17. The molecule has 0 amide bonds. The van der Waals surface area contributed by atoms with Gasteiger partial charge in [0.2, 0.25) is 0 Å². The normalized spacial score (nSPS) is 13.9. The van der Waals surface area contributed by atoms with Crippen LogP contribution in [0.2, 0.25) is 0 Å². The molecule has 0 aliphatic rings. The molecule has 0 aliphatic heterocycles. The lowest BCUT2D eigenvalue weighted by Gasteiger charge is -2.13. The van der Waals surface area contributed by atoms with Crippen LogP contribution in [0.5, 0.6) is 0 Å². The summed E-state index contributed by atoms with van der Waals surface area (Å²) in [6.45, 7) is 4.20. The van der Waals surface area contributed by atoms with Crippen molar-refractivity contribution in [2.45, 2.75) is 26.1 Å². The van der Waals surface area contributed by atoms with Crippen molar-refractivity contribution < 1.29 is 17.9 Å². The highest BCUT2D eigenvalue weighted by Crippen LogP contribution is 2.30. The van der Waals surface area contributed by atoms with E-state index in [4.69, 9.17) is 4.74 Å². The van der Waals surface area contributed by atoms with Crippen molar-refractivity contribution in [2.24, 2.45) is 0 Å². The smallest absolute Gasteiger partial charge is 0.374 e. The summed E-state index contributed by atoms with van der Waals surface area (Å²) in [5, 5.41) is 0. The van der Waals surface area contributed by atoms with Crippen LogP contribution < -0.4 is 0 Å². The first-order chi connectivity index (χ1) is 6.95. The molecule has 0 fully saturated rings. The molecule has 4 heteroatoms. The van der Waals surface area contributed by atoms with Crippen LogP contribution in [0.25, 0.3) is 0 Å². The van der Waals surface area contributed by atoms with E-state index in [2.05, 4.69) is 0 Å². The van der Waals surface area contributed by atoms with Crippen molar-refractivity contribution in [3.8, 4) is 0 Å². The van der Waals surface area contributed by atoms with Gasteiger partial charge < -0.3 is 4.74 Å². The van der Waals surface area contributed by atoms with E-state index in [-0.39, 0.29) is 6.10 Å². The maximum atomic E-state index is 12.2. The summed E-state index contributed by atoms with van der Waals surface area (Å²) in [7, 11) is 0. The van der Waals surface area contributed by atoms with E-state index >= 15 is 0 Å². The van der Waals surface area contributed by atoms with Gasteiger partial charge in [0, 0.05) is 6.61 Å². The largest absolute Gasteiger partial charge is 0.416 e. The highest BCUT2D eigenvalue weighted by molar-refractivity contribution is 5.25. The van der Waals surface area contributed by atoms with Gasteiger partial charge in [-0.25, -0.2) is 0 Å². The molecule has 15 heavy (non-hydrogen) atoms. The summed E-state index contributed by atoms with van der Waals surface area (Å²) >= 11 is 0. The fourth-order valence-corrected chi connectivity index (χ4v) is 1.29. The molecule has 0 saturated carbocycles. The van der Waals surface area contributed by atoms with Gasteiger partial charge in [0.15, 0.2) is 0 Å². The first-order valence-electron chi connectivity index (χ1n) is 4.74. The molecule has 1 unspecified atom stereocenters. The van der Waals surface area contributed by atoms with Crippen LogP contribution in [-0.2, 0) is 10.9 Å². The molecule has 1 aromatic carbocycles.